The molecule has 1 fully saturated rings. The molecule has 1 aromatic heterocycles. The van der Waals surface area contributed by atoms with Crippen LogP contribution < -0.4 is 4.74 Å². The van der Waals surface area contributed by atoms with E-state index in [0.717, 1.165) is 65.8 Å². The van der Waals surface area contributed by atoms with E-state index in [1.807, 2.05) is 24.8 Å². The highest BCUT2D eigenvalue weighted by Gasteiger charge is 2.22. The van der Waals surface area contributed by atoms with Crippen LogP contribution in [0.4, 0.5) is 0 Å². The minimum Gasteiger partial charge on any atom is -0.496 e. The third-order valence-corrected chi connectivity index (χ3v) is 6.15. The predicted octanol–water partition coefficient (Wildman–Crippen LogP) is 5.63. The molecule has 1 aliphatic heterocycles. The molecule has 0 atom stereocenters. The molecule has 2 aromatic carbocycles. The maximum absolute atomic E-state index is 12.9. The van der Waals surface area contributed by atoms with Crippen LogP contribution in [0.5, 0.6) is 5.75 Å². The van der Waals surface area contributed by atoms with Crippen LogP contribution in [0.3, 0.4) is 0 Å². The van der Waals surface area contributed by atoms with E-state index in [9.17, 15) is 4.79 Å². The molecule has 4 heteroatoms. The fourth-order valence-electron chi connectivity index (χ4n) is 4.32. The summed E-state index contributed by atoms with van der Waals surface area (Å²) in [4.78, 5) is 14.9. The third-order valence-electron chi connectivity index (χ3n) is 6.15. The van der Waals surface area contributed by atoms with Crippen LogP contribution in [0.25, 0.3) is 16.5 Å². The number of allylic oxidation sites excluding steroid dienone is 1. The first-order valence-electron chi connectivity index (χ1n) is 10.6. The lowest BCUT2D eigenvalue weighted by Gasteiger charge is -2.31. The zero-order valence-corrected chi connectivity index (χ0v) is 18.0. The number of likely N-dealkylation sites (tertiary alicyclic amines) is 1. The lowest BCUT2D eigenvalue weighted by molar-refractivity contribution is -0.127. The number of hydrogen-bond acceptors (Lipinski definition) is 3. The Bertz CT molecular complexity index is 1060. The molecule has 2 heterocycles. The zero-order valence-electron chi connectivity index (χ0n) is 18.0. The van der Waals surface area contributed by atoms with Gasteiger partial charge in [-0.15, -0.1) is 0 Å². The molecule has 0 unspecified atom stereocenters. The highest BCUT2D eigenvalue weighted by Crippen LogP contribution is 2.33. The number of amides is 1. The first kappa shape index (κ1) is 20.3. The highest BCUT2D eigenvalue weighted by molar-refractivity contribution is 5.97. The van der Waals surface area contributed by atoms with E-state index in [-0.39, 0.29) is 5.91 Å². The number of nitrogens with zero attached hydrogens (tertiary/aromatic N) is 1. The largest absolute Gasteiger partial charge is 0.496 e. The van der Waals surface area contributed by atoms with Crippen molar-refractivity contribution in [2.45, 2.75) is 33.1 Å². The lowest BCUT2D eigenvalue weighted by Crippen LogP contribution is -2.38. The molecule has 0 aliphatic carbocycles. The number of ether oxygens (including phenoxy) is 1. The van der Waals surface area contributed by atoms with Gasteiger partial charge in [-0.05, 0) is 61.8 Å². The molecule has 3 aromatic rings. The second-order valence-electron chi connectivity index (χ2n) is 8.25. The van der Waals surface area contributed by atoms with Gasteiger partial charge in [-0.3, -0.25) is 4.79 Å². The second-order valence-corrected chi connectivity index (χ2v) is 8.25. The number of methoxy groups -OCH3 is 1. The molecule has 4 nitrogen and oxygen atoms in total. The summed E-state index contributed by atoms with van der Waals surface area (Å²) in [6, 6.07) is 14.6. The van der Waals surface area contributed by atoms with Gasteiger partial charge in [-0.1, -0.05) is 30.3 Å². The van der Waals surface area contributed by atoms with Crippen LogP contribution in [0, 0.1) is 12.8 Å². The monoisotopic (exact) mass is 403 g/mol. The number of rotatable bonds is 5. The van der Waals surface area contributed by atoms with Crippen LogP contribution in [0.15, 0.2) is 59.2 Å². The van der Waals surface area contributed by atoms with Gasteiger partial charge in [0.1, 0.15) is 11.3 Å². The Morgan fingerprint density at radius 3 is 2.63 bits per heavy atom. The minimum atomic E-state index is 0.0803. The quantitative estimate of drug-likeness (QED) is 0.518. The van der Waals surface area contributed by atoms with Gasteiger partial charge >= 0.3 is 0 Å². The predicted molar refractivity (Wildman–Crippen MR) is 121 cm³/mol. The van der Waals surface area contributed by atoms with Crippen molar-refractivity contribution in [2.24, 2.45) is 5.92 Å². The molecule has 4 rings (SSSR count). The van der Waals surface area contributed by atoms with Gasteiger partial charge in [-0.25, -0.2) is 0 Å². The summed E-state index contributed by atoms with van der Waals surface area (Å²) in [5.41, 5.74) is 5.10. The molecule has 0 N–H and O–H groups in total. The molecule has 0 saturated carbocycles. The molecule has 156 valence electrons. The molecule has 1 saturated heterocycles. The Morgan fingerprint density at radius 1 is 1.20 bits per heavy atom. The topological polar surface area (TPSA) is 42.7 Å². The molecule has 1 amide bonds. The molecule has 1 aliphatic rings. The fourth-order valence-corrected chi connectivity index (χ4v) is 4.32. The lowest BCUT2D eigenvalue weighted by atomic mass is 9.90. The summed E-state index contributed by atoms with van der Waals surface area (Å²) in [6.45, 7) is 5.62. The summed E-state index contributed by atoms with van der Waals surface area (Å²) in [5.74, 6) is 1.45. The second kappa shape index (κ2) is 8.78. The number of fused-ring (bicyclic) bond motifs is 1. The fraction of sp³-hybridized carbons (Fsp3) is 0.346. The highest BCUT2D eigenvalue weighted by atomic mass is 16.5. The number of furan rings is 1. The Balaban J connectivity index is 1.44. The summed E-state index contributed by atoms with van der Waals surface area (Å²) in [6.07, 6.45) is 6.70. The van der Waals surface area contributed by atoms with Crippen LogP contribution in [0.1, 0.15) is 36.5 Å². The van der Waals surface area contributed by atoms with Gasteiger partial charge in [0.25, 0.3) is 0 Å². The summed E-state index contributed by atoms with van der Waals surface area (Å²) >= 11 is 0. The summed E-state index contributed by atoms with van der Waals surface area (Å²) < 4.78 is 11.1. The molecule has 0 spiro atoms. The molecular weight excluding hydrogens is 374 g/mol. The van der Waals surface area contributed by atoms with Crippen molar-refractivity contribution in [1.29, 1.82) is 0 Å². The molecule has 0 radical (unpaired) electrons. The maximum Gasteiger partial charge on any atom is 0.246 e. The molecule has 0 bridgehead atoms. The number of hydrogen-bond donors (Lipinski definition) is 0. The van der Waals surface area contributed by atoms with E-state index < -0.39 is 0 Å². The van der Waals surface area contributed by atoms with Gasteiger partial charge in [0.15, 0.2) is 0 Å². The van der Waals surface area contributed by atoms with Gasteiger partial charge < -0.3 is 14.1 Å². The van der Waals surface area contributed by atoms with E-state index in [0.29, 0.717) is 5.92 Å². The smallest absolute Gasteiger partial charge is 0.246 e. The number of carbonyl (C=O) groups is 1. The van der Waals surface area contributed by atoms with Crippen LogP contribution >= 0.6 is 0 Å². The van der Waals surface area contributed by atoms with Gasteiger partial charge in [-0.2, -0.15) is 0 Å². The maximum atomic E-state index is 12.9. The van der Waals surface area contributed by atoms with Crippen LogP contribution in [-0.4, -0.2) is 31.0 Å². The van der Waals surface area contributed by atoms with E-state index in [1.54, 1.807) is 19.4 Å². The number of aryl methyl sites for hydroxylation is 1. The SMILES string of the molecule is COc1cc2occ(C)c2cc1/C(C)=C/C(=O)N1CCC(Cc2ccccc2)CC1. The molecular formula is C26H29NO3. The minimum absolute atomic E-state index is 0.0803. The van der Waals surface area contributed by atoms with Gasteiger partial charge in [0, 0.05) is 36.2 Å². The summed E-state index contributed by atoms with van der Waals surface area (Å²) in [7, 11) is 1.65. The van der Waals surface area contributed by atoms with Gasteiger partial charge in [0.05, 0.1) is 13.4 Å². The average Bonchev–Trinajstić information content (AvgIpc) is 3.13. The Labute approximate surface area is 178 Å². The van der Waals surface area contributed by atoms with Crippen molar-refractivity contribution in [3.8, 4) is 5.75 Å². The van der Waals surface area contributed by atoms with Crippen LogP contribution in [-0.2, 0) is 11.2 Å². The van der Waals surface area contributed by atoms with E-state index in [2.05, 4.69) is 36.4 Å². The third kappa shape index (κ3) is 4.28. The molecule has 30 heavy (non-hydrogen) atoms. The van der Waals surface area contributed by atoms with E-state index in [1.165, 1.54) is 5.56 Å². The first-order valence-corrected chi connectivity index (χ1v) is 10.6. The number of piperidine rings is 1. The standard InChI is InChI=1S/C26H29NO3/c1-18(22-15-23-19(2)17-30-25(23)16-24(22)29-3)13-26(28)27-11-9-21(10-12-27)14-20-7-5-4-6-8-20/h4-8,13,15-17,21H,9-12,14H2,1-3H3/b18-13+. The van der Waals surface area contributed by atoms with Crippen molar-refractivity contribution in [3.05, 3.63) is 71.5 Å². The Hall–Kier alpha value is -3.01. The van der Waals surface area contributed by atoms with E-state index in [4.69, 9.17) is 9.15 Å². The summed E-state index contributed by atoms with van der Waals surface area (Å²) in [5, 5.41) is 1.05. The Kier molecular flexibility index (Phi) is 5.93. The zero-order chi connectivity index (χ0) is 21.1. The van der Waals surface area contributed by atoms with Crippen molar-refractivity contribution in [2.75, 3.05) is 20.2 Å². The normalized spacial score (nSPS) is 15.6. The average molecular weight is 404 g/mol. The van der Waals surface area contributed by atoms with Crippen molar-refractivity contribution < 1.29 is 13.9 Å². The number of benzene rings is 2. The Morgan fingerprint density at radius 2 is 1.93 bits per heavy atom. The number of carbonyl (C=O) groups excluding carboxylic acids is 1. The van der Waals surface area contributed by atoms with E-state index >= 15 is 0 Å². The van der Waals surface area contributed by atoms with Crippen molar-refractivity contribution in [1.82, 2.24) is 4.90 Å². The first-order chi connectivity index (χ1) is 14.5. The van der Waals surface area contributed by atoms with Crippen molar-refractivity contribution >= 4 is 22.4 Å². The van der Waals surface area contributed by atoms with Crippen molar-refractivity contribution in [3.63, 3.8) is 0 Å². The van der Waals surface area contributed by atoms with Gasteiger partial charge in [0.2, 0.25) is 5.91 Å². The van der Waals surface area contributed by atoms with Crippen LogP contribution in [0.2, 0.25) is 0 Å².